The van der Waals surface area contributed by atoms with Crippen molar-refractivity contribution in [2.45, 2.75) is 0 Å². The van der Waals surface area contributed by atoms with Crippen LogP contribution >= 0.6 is 0 Å². The lowest BCUT2D eigenvalue weighted by Gasteiger charge is -2.34. The SMILES string of the molecule is CNC(=O)CN(C)C(=O)C[NH+]1CCN(c2ccccc2O)CC1. The van der Waals surface area contributed by atoms with E-state index in [2.05, 4.69) is 10.2 Å². The highest BCUT2D eigenvalue weighted by molar-refractivity contribution is 5.84. The Bertz CT molecular complexity index is 556. The van der Waals surface area contributed by atoms with Crippen LogP contribution in [0.5, 0.6) is 5.75 Å². The minimum atomic E-state index is -0.166. The number of quaternary nitrogens is 1. The third kappa shape index (κ3) is 4.59. The number of hydrogen-bond donors (Lipinski definition) is 3. The number of carbonyl (C=O) groups is 2. The van der Waals surface area contributed by atoms with E-state index in [1.165, 1.54) is 9.80 Å². The number of benzene rings is 1. The highest BCUT2D eigenvalue weighted by atomic mass is 16.3. The van der Waals surface area contributed by atoms with Crippen LogP contribution in [0.4, 0.5) is 5.69 Å². The van der Waals surface area contributed by atoms with Crippen LogP contribution in [0.15, 0.2) is 24.3 Å². The van der Waals surface area contributed by atoms with Gasteiger partial charge in [0.2, 0.25) is 5.91 Å². The fraction of sp³-hybridized carbons (Fsp3) is 0.500. The fourth-order valence-corrected chi connectivity index (χ4v) is 2.70. The summed E-state index contributed by atoms with van der Waals surface area (Å²) in [6, 6.07) is 7.31. The van der Waals surface area contributed by atoms with Gasteiger partial charge in [-0.05, 0) is 12.1 Å². The lowest BCUT2D eigenvalue weighted by molar-refractivity contribution is -0.892. The summed E-state index contributed by atoms with van der Waals surface area (Å²) in [5.41, 5.74) is 0.842. The third-order valence-electron chi connectivity index (χ3n) is 4.18. The summed E-state index contributed by atoms with van der Waals surface area (Å²) in [7, 11) is 3.21. The lowest BCUT2D eigenvalue weighted by atomic mass is 10.2. The summed E-state index contributed by atoms with van der Waals surface area (Å²) in [6.07, 6.45) is 0. The Morgan fingerprint density at radius 3 is 2.57 bits per heavy atom. The Morgan fingerprint density at radius 2 is 1.96 bits per heavy atom. The number of rotatable bonds is 5. The quantitative estimate of drug-likeness (QED) is 0.604. The number of nitrogens with zero attached hydrogens (tertiary/aromatic N) is 2. The van der Waals surface area contributed by atoms with Gasteiger partial charge in [0.25, 0.3) is 5.91 Å². The Hall–Kier alpha value is -2.28. The molecule has 0 spiro atoms. The van der Waals surface area contributed by atoms with E-state index in [1.54, 1.807) is 26.2 Å². The van der Waals surface area contributed by atoms with E-state index in [4.69, 9.17) is 0 Å². The Balaban J connectivity index is 1.82. The zero-order valence-corrected chi connectivity index (χ0v) is 13.7. The van der Waals surface area contributed by atoms with Gasteiger partial charge in [-0.25, -0.2) is 0 Å². The van der Waals surface area contributed by atoms with Gasteiger partial charge in [0.1, 0.15) is 5.75 Å². The van der Waals surface area contributed by atoms with Gasteiger partial charge in [0, 0.05) is 14.1 Å². The second-order valence-electron chi connectivity index (χ2n) is 5.83. The fourth-order valence-electron chi connectivity index (χ4n) is 2.70. The summed E-state index contributed by atoms with van der Waals surface area (Å²) in [5, 5.41) is 12.4. The number of phenols is 1. The molecule has 2 rings (SSSR count). The molecule has 0 aromatic heterocycles. The largest absolute Gasteiger partial charge is 0.506 e. The van der Waals surface area contributed by atoms with Crippen LogP contribution in [0.2, 0.25) is 0 Å². The number of anilines is 1. The van der Waals surface area contributed by atoms with E-state index in [1.807, 2.05) is 12.1 Å². The smallest absolute Gasteiger partial charge is 0.277 e. The normalized spacial score (nSPS) is 15.3. The number of phenolic OH excluding ortho intramolecular Hbond substituents is 1. The molecule has 0 bridgehead atoms. The maximum Gasteiger partial charge on any atom is 0.277 e. The minimum Gasteiger partial charge on any atom is -0.506 e. The van der Waals surface area contributed by atoms with Crippen molar-refractivity contribution in [3.05, 3.63) is 24.3 Å². The highest BCUT2D eigenvalue weighted by Gasteiger charge is 2.25. The Morgan fingerprint density at radius 1 is 1.30 bits per heavy atom. The molecule has 23 heavy (non-hydrogen) atoms. The molecule has 0 unspecified atom stereocenters. The molecule has 0 radical (unpaired) electrons. The first-order chi connectivity index (χ1) is 11.0. The summed E-state index contributed by atoms with van der Waals surface area (Å²) >= 11 is 0. The third-order valence-corrected chi connectivity index (χ3v) is 4.18. The van der Waals surface area contributed by atoms with Gasteiger partial charge in [-0.15, -0.1) is 0 Å². The predicted molar refractivity (Wildman–Crippen MR) is 87.6 cm³/mol. The van der Waals surface area contributed by atoms with Gasteiger partial charge in [-0.3, -0.25) is 9.59 Å². The van der Waals surface area contributed by atoms with Gasteiger partial charge < -0.3 is 25.1 Å². The van der Waals surface area contributed by atoms with E-state index in [-0.39, 0.29) is 24.1 Å². The maximum absolute atomic E-state index is 12.1. The number of hydrogen-bond acceptors (Lipinski definition) is 4. The highest BCUT2D eigenvalue weighted by Crippen LogP contribution is 2.25. The molecule has 0 saturated carbocycles. The topological polar surface area (TPSA) is 77.3 Å². The molecule has 3 N–H and O–H groups in total. The van der Waals surface area contributed by atoms with Crippen LogP contribution in [0.25, 0.3) is 0 Å². The summed E-state index contributed by atoms with van der Waals surface area (Å²) < 4.78 is 0. The average Bonchev–Trinajstić information content (AvgIpc) is 2.56. The lowest BCUT2D eigenvalue weighted by Crippen LogP contribution is -3.15. The summed E-state index contributed by atoms with van der Waals surface area (Å²) in [6.45, 7) is 3.72. The molecule has 0 aliphatic carbocycles. The molecule has 0 atom stereocenters. The molecule has 7 heteroatoms. The molecule has 7 nitrogen and oxygen atoms in total. The zero-order valence-electron chi connectivity index (χ0n) is 13.7. The molecule has 126 valence electrons. The average molecular weight is 321 g/mol. The van der Waals surface area contributed by atoms with E-state index >= 15 is 0 Å². The van der Waals surface area contributed by atoms with E-state index in [9.17, 15) is 14.7 Å². The molecule has 1 fully saturated rings. The number of piperazine rings is 1. The van der Waals surface area contributed by atoms with E-state index < -0.39 is 0 Å². The number of para-hydroxylation sites is 2. The van der Waals surface area contributed by atoms with Gasteiger partial charge in [0.15, 0.2) is 6.54 Å². The Labute approximate surface area is 136 Å². The zero-order chi connectivity index (χ0) is 16.8. The van der Waals surface area contributed by atoms with Crippen molar-refractivity contribution >= 4 is 17.5 Å². The van der Waals surface area contributed by atoms with Crippen LogP contribution in [0.3, 0.4) is 0 Å². The summed E-state index contributed by atoms with van der Waals surface area (Å²) in [5.74, 6) is 0.0946. The maximum atomic E-state index is 12.1. The van der Waals surface area contributed by atoms with Gasteiger partial charge in [-0.2, -0.15) is 0 Å². The minimum absolute atomic E-state index is 0.0281. The van der Waals surface area contributed by atoms with Crippen LogP contribution in [-0.2, 0) is 9.59 Å². The van der Waals surface area contributed by atoms with E-state index in [0.29, 0.717) is 6.54 Å². The summed E-state index contributed by atoms with van der Waals surface area (Å²) in [4.78, 5) is 28.2. The first-order valence-electron chi connectivity index (χ1n) is 7.82. The van der Waals surface area contributed by atoms with Gasteiger partial charge in [0.05, 0.1) is 38.4 Å². The molecule has 1 aliphatic rings. The standard InChI is InChI=1S/C16H24N4O3/c1-17-15(22)11-18(2)16(23)12-19-7-9-20(10-8-19)13-5-3-4-6-14(13)21/h3-6,21H,7-12H2,1-2H3,(H,17,22)/p+1. The van der Waals surface area contributed by atoms with Crippen molar-refractivity contribution in [2.75, 3.05) is 58.3 Å². The van der Waals surface area contributed by atoms with Crippen molar-refractivity contribution in [3.63, 3.8) is 0 Å². The van der Waals surface area contributed by atoms with Crippen LogP contribution < -0.4 is 15.1 Å². The van der Waals surface area contributed by atoms with Crippen LogP contribution in [-0.4, -0.2) is 75.2 Å². The van der Waals surface area contributed by atoms with E-state index in [0.717, 1.165) is 31.9 Å². The first kappa shape index (κ1) is 17.1. The molecule has 1 saturated heterocycles. The molecule has 1 heterocycles. The first-order valence-corrected chi connectivity index (χ1v) is 7.82. The number of amides is 2. The molecular formula is C16H25N4O3+. The van der Waals surface area contributed by atoms with Crippen molar-refractivity contribution in [2.24, 2.45) is 0 Å². The van der Waals surface area contributed by atoms with Crippen molar-refractivity contribution in [3.8, 4) is 5.75 Å². The number of likely N-dealkylation sites (N-methyl/N-ethyl adjacent to an activating group) is 2. The number of aromatic hydroxyl groups is 1. The van der Waals surface area contributed by atoms with Gasteiger partial charge in [-0.1, -0.05) is 12.1 Å². The molecule has 2 amide bonds. The monoisotopic (exact) mass is 321 g/mol. The molecule has 1 aliphatic heterocycles. The van der Waals surface area contributed by atoms with Crippen molar-refractivity contribution in [1.29, 1.82) is 0 Å². The second kappa shape index (κ2) is 7.82. The van der Waals surface area contributed by atoms with Gasteiger partial charge >= 0.3 is 0 Å². The Kier molecular flexibility index (Phi) is 5.81. The van der Waals surface area contributed by atoms with Crippen molar-refractivity contribution in [1.82, 2.24) is 10.2 Å². The number of nitrogens with one attached hydrogen (secondary N) is 2. The molecule has 1 aromatic rings. The molecule has 1 aromatic carbocycles. The van der Waals surface area contributed by atoms with Crippen LogP contribution in [0.1, 0.15) is 0 Å². The van der Waals surface area contributed by atoms with Crippen molar-refractivity contribution < 1.29 is 19.6 Å². The molecular weight excluding hydrogens is 296 g/mol. The number of carbonyl (C=O) groups excluding carboxylic acids is 2. The van der Waals surface area contributed by atoms with Crippen LogP contribution in [0, 0.1) is 0 Å². The predicted octanol–water partition coefficient (Wildman–Crippen LogP) is -1.70. The second-order valence-corrected chi connectivity index (χ2v) is 5.83.